The van der Waals surface area contributed by atoms with Crippen molar-refractivity contribution in [3.05, 3.63) is 71.2 Å². The topological polar surface area (TPSA) is 80.5 Å². The first-order chi connectivity index (χ1) is 12.2. The Morgan fingerprint density at radius 2 is 1.31 bits per heavy atom. The van der Waals surface area contributed by atoms with Gasteiger partial charge in [-0.3, -0.25) is 24.6 Å². The lowest BCUT2D eigenvalue weighted by molar-refractivity contribution is -0.384. The first kappa shape index (κ1) is 18.9. The second-order valence-corrected chi connectivity index (χ2v) is 6.95. The smallest absolute Gasteiger partial charge is 0.269 e. The lowest BCUT2D eigenvalue weighted by Gasteiger charge is -2.13. The maximum Gasteiger partial charge on any atom is 0.269 e. The second-order valence-electron chi connectivity index (χ2n) is 5.44. The van der Waals surface area contributed by atoms with E-state index in [-0.39, 0.29) is 43.4 Å². The zero-order valence-corrected chi connectivity index (χ0v) is 15.8. The molecule has 2 aromatic rings. The van der Waals surface area contributed by atoms with Crippen molar-refractivity contribution in [1.82, 2.24) is 4.90 Å². The molecular weight excluding hydrogens is 426 g/mol. The predicted octanol–water partition coefficient (Wildman–Crippen LogP) is 5.05. The van der Waals surface area contributed by atoms with Crippen molar-refractivity contribution in [3.63, 3.8) is 0 Å². The van der Waals surface area contributed by atoms with E-state index in [1.165, 1.54) is 12.1 Å². The first-order valence-electron chi connectivity index (χ1n) is 7.19. The molecule has 1 aliphatic rings. The number of fused-ring (bicyclic) bond motifs is 1. The molecule has 6 nitrogen and oxygen atoms in total. The Morgan fingerprint density at radius 1 is 0.846 bits per heavy atom. The van der Waals surface area contributed by atoms with Gasteiger partial charge in [0.05, 0.1) is 36.1 Å². The summed E-state index contributed by atoms with van der Waals surface area (Å²) in [5.74, 6) is -1.23. The van der Waals surface area contributed by atoms with Gasteiger partial charge in [-0.1, -0.05) is 58.5 Å². The fraction of sp³-hybridized carbons (Fsp3) is 0.125. The van der Waals surface area contributed by atoms with E-state index >= 15 is 0 Å². The van der Waals surface area contributed by atoms with Crippen molar-refractivity contribution in [2.45, 2.75) is 6.42 Å². The van der Waals surface area contributed by atoms with Crippen LogP contribution in [-0.2, 0) is 6.42 Å². The number of non-ortho nitro benzene ring substituents is 1. The Bertz CT molecular complexity index is 913. The number of hydrogen-bond acceptors (Lipinski definition) is 4. The highest BCUT2D eigenvalue weighted by Crippen LogP contribution is 2.44. The summed E-state index contributed by atoms with van der Waals surface area (Å²) >= 11 is 24.0. The molecule has 0 aliphatic carbocycles. The van der Waals surface area contributed by atoms with Crippen molar-refractivity contribution in [2.24, 2.45) is 0 Å². The molecule has 2 aromatic carbocycles. The van der Waals surface area contributed by atoms with Crippen molar-refractivity contribution in [3.8, 4) is 0 Å². The van der Waals surface area contributed by atoms with Crippen LogP contribution in [0.3, 0.4) is 0 Å². The van der Waals surface area contributed by atoms with Gasteiger partial charge in [0.25, 0.3) is 17.5 Å². The molecule has 0 saturated heterocycles. The number of benzene rings is 2. The molecule has 0 unspecified atom stereocenters. The van der Waals surface area contributed by atoms with Crippen LogP contribution in [0.2, 0.25) is 20.1 Å². The summed E-state index contributed by atoms with van der Waals surface area (Å²) < 4.78 is 0. The lowest BCUT2D eigenvalue weighted by Crippen LogP contribution is -2.31. The Morgan fingerprint density at radius 3 is 1.73 bits per heavy atom. The number of nitrogens with zero attached hydrogens (tertiary/aromatic N) is 2. The lowest BCUT2D eigenvalue weighted by atomic mass is 10.1. The minimum absolute atomic E-state index is 0.0441. The largest absolute Gasteiger partial charge is 0.274 e. The highest BCUT2D eigenvalue weighted by atomic mass is 35.5. The highest BCUT2D eigenvalue weighted by Gasteiger charge is 2.41. The summed E-state index contributed by atoms with van der Waals surface area (Å²) in [5.41, 5.74) is 0.539. The van der Waals surface area contributed by atoms with Crippen molar-refractivity contribution >= 4 is 63.9 Å². The van der Waals surface area contributed by atoms with Crippen LogP contribution in [0, 0.1) is 10.1 Å². The third-order valence-corrected chi connectivity index (χ3v) is 5.76. The number of amides is 2. The highest BCUT2D eigenvalue weighted by molar-refractivity contribution is 6.55. The van der Waals surface area contributed by atoms with Crippen LogP contribution in [0.1, 0.15) is 26.3 Å². The number of nitro benzene ring substituents is 1. The zero-order valence-electron chi connectivity index (χ0n) is 12.8. The van der Waals surface area contributed by atoms with Gasteiger partial charge >= 0.3 is 0 Å². The molecule has 0 N–H and O–H groups in total. The first-order valence-corrected chi connectivity index (χ1v) is 8.70. The van der Waals surface area contributed by atoms with Crippen LogP contribution in [-0.4, -0.2) is 28.2 Å². The molecule has 26 heavy (non-hydrogen) atoms. The van der Waals surface area contributed by atoms with Crippen molar-refractivity contribution in [2.75, 3.05) is 6.54 Å². The molecule has 0 aromatic heterocycles. The van der Waals surface area contributed by atoms with E-state index in [1.807, 2.05) is 0 Å². The molecule has 0 spiro atoms. The van der Waals surface area contributed by atoms with Gasteiger partial charge in [-0.05, 0) is 12.0 Å². The van der Waals surface area contributed by atoms with Gasteiger partial charge in [0.2, 0.25) is 0 Å². The number of nitro groups is 1. The van der Waals surface area contributed by atoms with Crippen LogP contribution in [0.5, 0.6) is 0 Å². The van der Waals surface area contributed by atoms with Crippen LogP contribution in [0.4, 0.5) is 5.69 Å². The summed E-state index contributed by atoms with van der Waals surface area (Å²) in [6.07, 6.45) is 0.306. The van der Waals surface area contributed by atoms with Crippen LogP contribution < -0.4 is 0 Å². The normalized spacial score (nSPS) is 13.3. The number of imide groups is 1. The summed E-state index contributed by atoms with van der Waals surface area (Å²) in [6.45, 7) is 0.0477. The molecule has 0 radical (unpaired) electrons. The average molecular weight is 434 g/mol. The number of carbonyl (C=O) groups is 2. The molecular formula is C16H8Cl4N2O4. The molecule has 1 aliphatic heterocycles. The molecule has 0 saturated carbocycles. The molecule has 10 heteroatoms. The maximum atomic E-state index is 12.6. The minimum atomic E-state index is -0.614. The second kappa shape index (κ2) is 7.04. The van der Waals surface area contributed by atoms with E-state index in [1.54, 1.807) is 12.1 Å². The van der Waals surface area contributed by atoms with Gasteiger partial charge < -0.3 is 0 Å². The van der Waals surface area contributed by atoms with Crippen molar-refractivity contribution in [1.29, 1.82) is 0 Å². The quantitative estimate of drug-likeness (QED) is 0.222. The summed E-state index contributed by atoms with van der Waals surface area (Å²) in [7, 11) is 0. The number of halogens is 4. The summed E-state index contributed by atoms with van der Waals surface area (Å²) in [5, 5.41) is 10.3. The maximum absolute atomic E-state index is 12.6. The summed E-state index contributed by atoms with van der Waals surface area (Å²) in [6, 6.07) is 5.82. The van der Waals surface area contributed by atoms with Crippen LogP contribution in [0.25, 0.3) is 0 Å². The van der Waals surface area contributed by atoms with Gasteiger partial charge in [-0.15, -0.1) is 0 Å². The fourth-order valence-corrected chi connectivity index (χ4v) is 3.64. The molecule has 0 fully saturated rings. The molecule has 1 heterocycles. The van der Waals surface area contributed by atoms with Crippen LogP contribution in [0.15, 0.2) is 24.3 Å². The molecule has 2 amide bonds. The summed E-state index contributed by atoms with van der Waals surface area (Å²) in [4.78, 5) is 36.3. The Balaban J connectivity index is 1.86. The van der Waals surface area contributed by atoms with E-state index in [0.717, 1.165) is 10.5 Å². The predicted molar refractivity (Wildman–Crippen MR) is 98.6 cm³/mol. The fourth-order valence-electron chi connectivity index (χ4n) is 2.62. The van der Waals surface area contributed by atoms with Gasteiger partial charge in [-0.2, -0.15) is 0 Å². The number of rotatable bonds is 4. The average Bonchev–Trinajstić information content (AvgIpc) is 2.87. The standard InChI is InChI=1S/C16H8Cl4N2O4/c17-11-9-10(12(18)14(20)13(11)19)16(24)21(15(9)23)6-5-7-1-3-8(4-2-7)22(25)26/h1-4H,5-6H2. The molecule has 0 atom stereocenters. The van der Waals surface area contributed by atoms with E-state index in [2.05, 4.69) is 0 Å². The number of carbonyl (C=O) groups excluding carboxylic acids is 2. The van der Waals surface area contributed by atoms with Gasteiger partial charge in [0.15, 0.2) is 0 Å². The van der Waals surface area contributed by atoms with Gasteiger partial charge in [0, 0.05) is 18.7 Å². The third kappa shape index (κ3) is 3.03. The van der Waals surface area contributed by atoms with Gasteiger partial charge in [0.1, 0.15) is 0 Å². The molecule has 134 valence electrons. The molecule has 0 bridgehead atoms. The van der Waals surface area contributed by atoms with E-state index in [9.17, 15) is 19.7 Å². The van der Waals surface area contributed by atoms with E-state index in [0.29, 0.717) is 6.42 Å². The van der Waals surface area contributed by atoms with Crippen LogP contribution >= 0.6 is 46.4 Å². The Hall–Kier alpha value is -1.86. The minimum Gasteiger partial charge on any atom is -0.274 e. The Labute approximate surface area is 167 Å². The van der Waals surface area contributed by atoms with E-state index < -0.39 is 16.7 Å². The molecule has 3 rings (SSSR count). The Kier molecular flexibility index (Phi) is 5.12. The number of hydrogen-bond donors (Lipinski definition) is 0. The monoisotopic (exact) mass is 432 g/mol. The third-order valence-electron chi connectivity index (χ3n) is 3.96. The zero-order chi connectivity index (χ0) is 19.2. The van der Waals surface area contributed by atoms with Crippen molar-refractivity contribution < 1.29 is 14.5 Å². The van der Waals surface area contributed by atoms with E-state index in [4.69, 9.17) is 46.4 Å². The van der Waals surface area contributed by atoms with Gasteiger partial charge in [-0.25, -0.2) is 0 Å². The SMILES string of the molecule is O=C1c2c(Cl)c(Cl)c(Cl)c(Cl)c2C(=O)N1CCc1ccc([N+](=O)[O-])cc1.